The molecule has 0 unspecified atom stereocenters. The maximum Gasteiger partial charge on any atom is 0.232 e. The summed E-state index contributed by atoms with van der Waals surface area (Å²) in [6.45, 7) is 2.58. The van der Waals surface area contributed by atoms with Crippen LogP contribution in [-0.2, 0) is 17.0 Å². The average molecular weight is 366 g/mol. The van der Waals surface area contributed by atoms with Crippen molar-refractivity contribution in [3.05, 3.63) is 84.2 Å². The van der Waals surface area contributed by atoms with Crippen LogP contribution in [0.15, 0.2) is 73.1 Å². The minimum atomic E-state index is -0.0674. The smallest absolute Gasteiger partial charge is 0.232 e. The molecule has 4 nitrogen and oxygen atoms in total. The fourth-order valence-electron chi connectivity index (χ4n) is 2.56. The van der Waals surface area contributed by atoms with Crippen molar-refractivity contribution in [2.75, 3.05) is 6.54 Å². The van der Waals surface area contributed by atoms with Gasteiger partial charge in [0.2, 0.25) is 5.91 Å². The molecule has 1 aromatic heterocycles. The van der Waals surface area contributed by atoms with Crippen LogP contribution in [0.5, 0.6) is 0 Å². The number of nitrogens with one attached hydrogen (secondary N) is 1. The maximum atomic E-state index is 12.2. The lowest BCUT2D eigenvalue weighted by Crippen LogP contribution is -2.32. The molecular formula is C21H23N3OS. The van der Waals surface area contributed by atoms with E-state index < -0.39 is 0 Å². The fraction of sp³-hybridized carbons (Fsp3) is 0.238. The van der Waals surface area contributed by atoms with Gasteiger partial charge in [-0.3, -0.25) is 4.79 Å². The lowest BCUT2D eigenvalue weighted by molar-refractivity contribution is -0.120. The third-order valence-electron chi connectivity index (χ3n) is 4.08. The Hall–Kier alpha value is -2.53. The molecule has 1 heterocycles. The van der Waals surface area contributed by atoms with Crippen molar-refractivity contribution in [1.82, 2.24) is 15.1 Å². The second-order valence-corrected chi connectivity index (χ2v) is 7.44. The molecule has 0 saturated heterocycles. The number of amides is 1. The average Bonchev–Trinajstić information content (AvgIpc) is 3.16. The van der Waals surface area contributed by atoms with Crippen molar-refractivity contribution in [3.63, 3.8) is 0 Å². The Kier molecular flexibility index (Phi) is 6.50. The van der Waals surface area contributed by atoms with Crippen molar-refractivity contribution < 1.29 is 4.79 Å². The van der Waals surface area contributed by atoms with E-state index in [9.17, 15) is 4.79 Å². The zero-order valence-corrected chi connectivity index (χ0v) is 15.7. The number of carbonyl (C=O) groups excluding carboxylic acids is 1. The summed E-state index contributed by atoms with van der Waals surface area (Å²) in [5.74, 6) is 0.931. The lowest BCUT2D eigenvalue weighted by Gasteiger charge is -2.11. The number of hydrogen-bond acceptors (Lipinski definition) is 3. The topological polar surface area (TPSA) is 46.9 Å². The standard InChI is InChI=1S/C21H23N3OS/c1-17(26-16-18-8-4-2-5-9-18)21(25)22-13-12-19-14-23-24(15-19)20-10-6-3-7-11-20/h2-11,14-15,17H,12-13,16H2,1H3,(H,22,25)/t17-/m0/s1. The number of rotatable bonds is 8. The molecule has 3 aromatic rings. The van der Waals surface area contributed by atoms with Gasteiger partial charge in [0.1, 0.15) is 0 Å². The highest BCUT2D eigenvalue weighted by atomic mass is 32.2. The Morgan fingerprint density at radius 2 is 1.77 bits per heavy atom. The second-order valence-electron chi connectivity index (χ2n) is 6.11. The third kappa shape index (κ3) is 5.23. The molecule has 1 amide bonds. The normalized spacial score (nSPS) is 11.9. The van der Waals surface area contributed by atoms with Gasteiger partial charge in [-0.25, -0.2) is 4.68 Å². The Morgan fingerprint density at radius 3 is 2.50 bits per heavy atom. The van der Waals surface area contributed by atoms with Gasteiger partial charge >= 0.3 is 0 Å². The number of benzene rings is 2. The largest absolute Gasteiger partial charge is 0.355 e. The molecule has 0 aliphatic rings. The molecule has 3 rings (SSSR count). The van der Waals surface area contributed by atoms with E-state index in [1.165, 1.54) is 5.56 Å². The van der Waals surface area contributed by atoms with Crippen LogP contribution in [-0.4, -0.2) is 27.5 Å². The van der Waals surface area contributed by atoms with Gasteiger partial charge < -0.3 is 5.32 Å². The number of nitrogens with zero attached hydrogens (tertiary/aromatic N) is 2. The molecule has 0 bridgehead atoms. The van der Waals surface area contributed by atoms with Gasteiger partial charge in [-0.05, 0) is 36.6 Å². The number of aromatic nitrogens is 2. The van der Waals surface area contributed by atoms with E-state index in [1.807, 2.05) is 72.5 Å². The van der Waals surface area contributed by atoms with Crippen molar-refractivity contribution in [3.8, 4) is 5.69 Å². The summed E-state index contributed by atoms with van der Waals surface area (Å²) in [6, 6.07) is 20.2. The maximum absolute atomic E-state index is 12.2. The van der Waals surface area contributed by atoms with E-state index in [0.29, 0.717) is 6.54 Å². The number of carbonyl (C=O) groups is 1. The summed E-state index contributed by atoms with van der Waals surface area (Å²) in [6.07, 6.45) is 4.64. The predicted molar refractivity (Wildman–Crippen MR) is 107 cm³/mol. The van der Waals surface area contributed by atoms with Crippen molar-refractivity contribution in [2.45, 2.75) is 24.3 Å². The molecule has 134 valence electrons. The van der Waals surface area contributed by atoms with Crippen LogP contribution in [0, 0.1) is 0 Å². The summed E-state index contributed by atoms with van der Waals surface area (Å²) >= 11 is 1.66. The van der Waals surface area contributed by atoms with Gasteiger partial charge in [0, 0.05) is 18.5 Å². The van der Waals surface area contributed by atoms with Crippen LogP contribution in [0.3, 0.4) is 0 Å². The van der Waals surface area contributed by atoms with E-state index in [-0.39, 0.29) is 11.2 Å². The van der Waals surface area contributed by atoms with Crippen LogP contribution >= 0.6 is 11.8 Å². The van der Waals surface area contributed by atoms with Crippen LogP contribution in [0.2, 0.25) is 0 Å². The second kappa shape index (κ2) is 9.25. The molecule has 0 spiro atoms. The fourth-order valence-corrected chi connectivity index (χ4v) is 3.43. The van der Waals surface area contributed by atoms with Gasteiger partial charge in [0.05, 0.1) is 17.1 Å². The Morgan fingerprint density at radius 1 is 1.08 bits per heavy atom. The number of para-hydroxylation sites is 1. The molecule has 1 N–H and O–H groups in total. The molecule has 0 radical (unpaired) electrons. The van der Waals surface area contributed by atoms with Gasteiger partial charge in [0.15, 0.2) is 0 Å². The van der Waals surface area contributed by atoms with Gasteiger partial charge in [0.25, 0.3) is 0 Å². The van der Waals surface area contributed by atoms with E-state index in [4.69, 9.17) is 0 Å². The minimum absolute atomic E-state index is 0.0674. The molecule has 1 atom stereocenters. The third-order valence-corrected chi connectivity index (χ3v) is 5.30. The van der Waals surface area contributed by atoms with E-state index >= 15 is 0 Å². The van der Waals surface area contributed by atoms with Gasteiger partial charge in [-0.15, -0.1) is 11.8 Å². The van der Waals surface area contributed by atoms with Crippen LogP contribution in [0.1, 0.15) is 18.1 Å². The Balaban J connectivity index is 1.41. The summed E-state index contributed by atoms with van der Waals surface area (Å²) < 4.78 is 1.86. The molecular weight excluding hydrogens is 342 g/mol. The van der Waals surface area contributed by atoms with Crippen molar-refractivity contribution in [1.29, 1.82) is 0 Å². The molecule has 0 fully saturated rings. The molecule has 0 aliphatic carbocycles. The highest BCUT2D eigenvalue weighted by Crippen LogP contribution is 2.17. The Labute approximate surface area is 158 Å². The lowest BCUT2D eigenvalue weighted by atomic mass is 10.2. The van der Waals surface area contributed by atoms with E-state index in [0.717, 1.165) is 23.4 Å². The van der Waals surface area contributed by atoms with Crippen LogP contribution in [0.4, 0.5) is 0 Å². The van der Waals surface area contributed by atoms with Crippen molar-refractivity contribution in [2.24, 2.45) is 0 Å². The molecule has 26 heavy (non-hydrogen) atoms. The summed E-state index contributed by atoms with van der Waals surface area (Å²) in [7, 11) is 0. The van der Waals surface area contributed by atoms with E-state index in [1.54, 1.807) is 11.8 Å². The molecule has 2 aromatic carbocycles. The first kappa shape index (κ1) is 18.3. The highest BCUT2D eigenvalue weighted by Gasteiger charge is 2.13. The first-order valence-corrected chi connectivity index (χ1v) is 9.79. The van der Waals surface area contributed by atoms with Gasteiger partial charge in [-0.1, -0.05) is 48.5 Å². The first-order chi connectivity index (χ1) is 12.7. The Bertz CT molecular complexity index is 818. The number of hydrogen-bond donors (Lipinski definition) is 1. The zero-order valence-electron chi connectivity index (χ0n) is 14.8. The predicted octanol–water partition coefficient (Wildman–Crippen LogP) is 3.85. The summed E-state index contributed by atoms with van der Waals surface area (Å²) in [5, 5.41) is 7.33. The first-order valence-electron chi connectivity index (χ1n) is 8.74. The zero-order chi connectivity index (χ0) is 18.2. The SMILES string of the molecule is C[C@H](SCc1ccccc1)C(=O)NCCc1cnn(-c2ccccc2)c1. The highest BCUT2D eigenvalue weighted by molar-refractivity contribution is 7.99. The molecule has 5 heteroatoms. The summed E-state index contributed by atoms with van der Waals surface area (Å²) in [5.41, 5.74) is 3.39. The van der Waals surface area contributed by atoms with E-state index in [2.05, 4.69) is 22.5 Å². The van der Waals surface area contributed by atoms with Crippen LogP contribution in [0.25, 0.3) is 5.69 Å². The van der Waals surface area contributed by atoms with Gasteiger partial charge in [-0.2, -0.15) is 5.10 Å². The molecule has 0 aliphatic heterocycles. The monoisotopic (exact) mass is 365 g/mol. The molecule has 0 saturated carbocycles. The quantitative estimate of drug-likeness (QED) is 0.659. The van der Waals surface area contributed by atoms with Crippen molar-refractivity contribution >= 4 is 17.7 Å². The van der Waals surface area contributed by atoms with Crippen LogP contribution < -0.4 is 5.32 Å². The summed E-state index contributed by atoms with van der Waals surface area (Å²) in [4.78, 5) is 12.2. The minimum Gasteiger partial charge on any atom is -0.355 e. The number of thioether (sulfide) groups is 1.